The van der Waals surface area contributed by atoms with Crippen LogP contribution in [0.25, 0.3) is 32.8 Å². The Balaban J connectivity index is 1.32. The van der Waals surface area contributed by atoms with Crippen LogP contribution in [0, 0.1) is 29.4 Å². The second-order valence-electron chi connectivity index (χ2n) is 14.2. The third kappa shape index (κ3) is 5.03. The van der Waals surface area contributed by atoms with E-state index in [2.05, 4.69) is 21.0 Å². The summed E-state index contributed by atoms with van der Waals surface area (Å²) < 4.78 is 38.8. The Labute approximate surface area is 268 Å². The zero-order valence-corrected chi connectivity index (χ0v) is 26.4. The van der Waals surface area contributed by atoms with Gasteiger partial charge in [0.2, 0.25) is 0 Å². The van der Waals surface area contributed by atoms with E-state index >= 15 is 8.78 Å². The number of nitrogens with zero attached hydrogens (tertiary/aromatic N) is 4. The van der Waals surface area contributed by atoms with E-state index in [1.54, 1.807) is 6.07 Å². The van der Waals surface area contributed by atoms with Crippen LogP contribution in [0.1, 0.15) is 63.0 Å². The number of anilines is 1. The van der Waals surface area contributed by atoms with Gasteiger partial charge >= 0.3 is 6.01 Å². The van der Waals surface area contributed by atoms with Crippen LogP contribution in [0.15, 0.2) is 30.3 Å². The monoisotopic (exact) mass is 623 g/mol. The van der Waals surface area contributed by atoms with Gasteiger partial charge in [0.05, 0.1) is 12.2 Å². The molecule has 3 saturated heterocycles. The van der Waals surface area contributed by atoms with E-state index in [0.29, 0.717) is 51.8 Å². The lowest BCUT2D eigenvalue weighted by molar-refractivity contribution is 0.111. The molecule has 4 heterocycles. The summed E-state index contributed by atoms with van der Waals surface area (Å²) in [4.78, 5) is 14.4. The maximum atomic E-state index is 17.4. The normalized spacial score (nSPS) is 22.0. The van der Waals surface area contributed by atoms with Crippen molar-refractivity contribution in [3.63, 3.8) is 0 Å². The van der Waals surface area contributed by atoms with Crippen LogP contribution >= 0.6 is 0 Å². The molecule has 8 rings (SSSR count). The van der Waals surface area contributed by atoms with Crippen molar-refractivity contribution >= 4 is 27.5 Å². The summed E-state index contributed by atoms with van der Waals surface area (Å²) in [6.07, 6.45) is 11.4. The summed E-state index contributed by atoms with van der Waals surface area (Å²) in [5.41, 5.74) is 1.55. The summed E-state index contributed by atoms with van der Waals surface area (Å²) in [5.74, 6) is 1.83. The van der Waals surface area contributed by atoms with Gasteiger partial charge in [-0.05, 0) is 91.9 Å². The largest absolute Gasteiger partial charge is 0.508 e. The first kappa shape index (κ1) is 29.4. The predicted molar refractivity (Wildman–Crippen MR) is 176 cm³/mol. The SMILES string of the molecule is C#Cc1c(F)ccc2cc(O)cc(-c3c(C(C)C)cc4c(N5CC6CCC(C5)N6)nc(OCC5(CN6CCC6)CC5)nc4c3F)c12. The lowest BCUT2D eigenvalue weighted by Gasteiger charge is -2.35. The number of aromatic hydroxyl groups is 1. The number of piperazine rings is 1. The summed E-state index contributed by atoms with van der Waals surface area (Å²) in [5, 5.41) is 16.0. The van der Waals surface area contributed by atoms with Gasteiger partial charge in [-0.2, -0.15) is 9.97 Å². The summed E-state index contributed by atoms with van der Waals surface area (Å²) in [6, 6.07) is 8.67. The lowest BCUT2D eigenvalue weighted by atomic mass is 9.86. The Morgan fingerprint density at radius 1 is 1.11 bits per heavy atom. The van der Waals surface area contributed by atoms with Gasteiger partial charge in [-0.25, -0.2) is 8.78 Å². The van der Waals surface area contributed by atoms with Crippen LogP contribution in [0.3, 0.4) is 0 Å². The van der Waals surface area contributed by atoms with Crippen LogP contribution in [-0.2, 0) is 0 Å². The Bertz CT molecular complexity index is 1900. The van der Waals surface area contributed by atoms with Crippen molar-refractivity contribution in [1.29, 1.82) is 0 Å². The molecule has 2 N–H and O–H groups in total. The number of ether oxygens (including phenoxy) is 1. The van der Waals surface area contributed by atoms with Crippen molar-refractivity contribution in [2.75, 3.05) is 44.2 Å². The number of rotatable bonds is 8. The van der Waals surface area contributed by atoms with E-state index in [-0.39, 0.29) is 39.7 Å². The molecule has 1 aromatic heterocycles. The maximum absolute atomic E-state index is 17.4. The molecule has 4 aliphatic rings. The topological polar surface area (TPSA) is 73.8 Å². The number of hydrogen-bond donors (Lipinski definition) is 2. The Kier molecular flexibility index (Phi) is 7.07. The molecule has 0 spiro atoms. The number of phenols is 1. The average molecular weight is 624 g/mol. The van der Waals surface area contributed by atoms with Crippen molar-refractivity contribution in [1.82, 2.24) is 20.2 Å². The number of phenolic OH excluding ortho intramolecular Hbond substituents is 1. The predicted octanol–water partition coefficient (Wildman–Crippen LogP) is 6.34. The van der Waals surface area contributed by atoms with E-state index < -0.39 is 11.6 Å². The third-order valence-electron chi connectivity index (χ3n) is 10.5. The third-order valence-corrected chi connectivity index (χ3v) is 10.5. The number of halogens is 2. The van der Waals surface area contributed by atoms with Crippen molar-refractivity contribution in [2.45, 2.75) is 64.0 Å². The van der Waals surface area contributed by atoms with Gasteiger partial charge in [-0.3, -0.25) is 0 Å². The molecule has 238 valence electrons. The van der Waals surface area contributed by atoms with Crippen LogP contribution in [-0.4, -0.2) is 71.4 Å². The molecule has 1 saturated carbocycles. The smallest absolute Gasteiger partial charge is 0.319 e. The number of benzene rings is 3. The molecule has 1 aliphatic carbocycles. The molecule has 7 nitrogen and oxygen atoms in total. The highest BCUT2D eigenvalue weighted by Crippen LogP contribution is 2.48. The Hall–Kier alpha value is -4.00. The van der Waals surface area contributed by atoms with Crippen LogP contribution in [0.5, 0.6) is 11.8 Å². The number of aromatic nitrogens is 2. The van der Waals surface area contributed by atoms with Crippen LogP contribution in [0.2, 0.25) is 0 Å². The van der Waals surface area contributed by atoms with E-state index in [4.69, 9.17) is 21.1 Å². The van der Waals surface area contributed by atoms with Crippen molar-refractivity contribution in [3.8, 4) is 35.2 Å². The second kappa shape index (κ2) is 11.1. The van der Waals surface area contributed by atoms with Crippen LogP contribution in [0.4, 0.5) is 14.6 Å². The molecule has 3 aromatic carbocycles. The molecule has 4 aromatic rings. The molecule has 2 atom stereocenters. The van der Waals surface area contributed by atoms with Gasteiger partial charge in [0, 0.05) is 53.5 Å². The van der Waals surface area contributed by atoms with Crippen molar-refractivity contribution < 1.29 is 18.6 Å². The number of terminal acetylenes is 1. The average Bonchev–Trinajstić information content (AvgIpc) is 3.71. The summed E-state index contributed by atoms with van der Waals surface area (Å²) >= 11 is 0. The summed E-state index contributed by atoms with van der Waals surface area (Å²) in [6.45, 7) is 9.27. The van der Waals surface area contributed by atoms with E-state index in [1.165, 1.54) is 24.6 Å². The minimum atomic E-state index is -0.574. The van der Waals surface area contributed by atoms with Crippen LogP contribution < -0.4 is 15.0 Å². The lowest BCUT2D eigenvalue weighted by Crippen LogP contribution is -2.51. The fraction of sp³-hybridized carbons (Fsp3) is 0.459. The molecule has 46 heavy (non-hydrogen) atoms. The van der Waals surface area contributed by atoms with Gasteiger partial charge in [-0.1, -0.05) is 25.8 Å². The first-order chi connectivity index (χ1) is 22.2. The Morgan fingerprint density at radius 2 is 1.87 bits per heavy atom. The molecule has 9 heteroatoms. The molecular weight excluding hydrogens is 584 g/mol. The highest BCUT2D eigenvalue weighted by Gasteiger charge is 2.46. The van der Waals surface area contributed by atoms with Gasteiger partial charge in [0.25, 0.3) is 0 Å². The number of fused-ring (bicyclic) bond motifs is 4. The maximum Gasteiger partial charge on any atom is 0.319 e. The molecule has 0 radical (unpaired) electrons. The van der Waals surface area contributed by atoms with Gasteiger partial charge in [-0.15, -0.1) is 6.42 Å². The molecule has 2 bridgehead atoms. The van der Waals surface area contributed by atoms with E-state index in [9.17, 15) is 5.11 Å². The zero-order valence-electron chi connectivity index (χ0n) is 26.4. The molecule has 0 amide bonds. The second-order valence-corrected chi connectivity index (χ2v) is 14.2. The van der Waals surface area contributed by atoms with Crippen molar-refractivity contribution in [2.24, 2.45) is 5.41 Å². The molecular formula is C37H39F2N5O2. The van der Waals surface area contributed by atoms with Crippen molar-refractivity contribution in [3.05, 3.63) is 53.1 Å². The minimum Gasteiger partial charge on any atom is -0.508 e. The number of likely N-dealkylation sites (tertiary alicyclic amines) is 1. The standard InChI is InChI=1S/C37H39F2N5O2/c1-4-26-30(38)9-6-22-14-25(45)15-28(31(22)26)32-27(21(2)3)16-29-34(33(32)39)41-36(46-20-37(10-11-37)19-43-12-5-13-43)42-35(29)44-17-23-7-8-24(18-44)40-23/h1,6,9,14-16,21,23-24,40,45H,5,7-8,10-13,17-20H2,2-3H3. The molecule has 3 aliphatic heterocycles. The first-order valence-corrected chi connectivity index (χ1v) is 16.5. The van der Waals surface area contributed by atoms with Gasteiger partial charge < -0.3 is 25.0 Å². The Morgan fingerprint density at radius 3 is 2.52 bits per heavy atom. The molecule has 4 fully saturated rings. The fourth-order valence-corrected chi connectivity index (χ4v) is 7.74. The van der Waals surface area contributed by atoms with Gasteiger partial charge in [0.1, 0.15) is 22.9 Å². The summed E-state index contributed by atoms with van der Waals surface area (Å²) in [7, 11) is 0. The van der Waals surface area contributed by atoms with Gasteiger partial charge in [0.15, 0.2) is 5.82 Å². The highest BCUT2D eigenvalue weighted by molar-refractivity contribution is 6.05. The quantitative estimate of drug-likeness (QED) is 0.222. The fourth-order valence-electron chi connectivity index (χ4n) is 7.74. The van der Waals surface area contributed by atoms with E-state index in [1.807, 2.05) is 19.9 Å². The zero-order chi connectivity index (χ0) is 31.7. The number of nitrogens with one attached hydrogen (secondary N) is 1. The first-order valence-electron chi connectivity index (χ1n) is 16.5. The number of hydrogen-bond acceptors (Lipinski definition) is 7. The minimum absolute atomic E-state index is 0.0299. The highest BCUT2D eigenvalue weighted by atomic mass is 19.1. The molecule has 2 unspecified atom stereocenters. The van der Waals surface area contributed by atoms with E-state index in [0.717, 1.165) is 58.4 Å².